The molecule has 0 atom stereocenters. The fourth-order valence-corrected chi connectivity index (χ4v) is 1.57. The van der Waals surface area contributed by atoms with Crippen LogP contribution in [0.3, 0.4) is 0 Å². The van der Waals surface area contributed by atoms with Crippen molar-refractivity contribution in [2.45, 2.75) is 19.3 Å². The Morgan fingerprint density at radius 1 is 1.59 bits per heavy atom. The van der Waals surface area contributed by atoms with E-state index < -0.39 is 4.92 Å². The van der Waals surface area contributed by atoms with Crippen LogP contribution in [0.25, 0.3) is 0 Å². The number of nitro groups is 1. The number of hydrogen-bond donors (Lipinski definition) is 0. The second-order valence-electron chi connectivity index (χ2n) is 3.85. The van der Waals surface area contributed by atoms with E-state index in [0.717, 1.165) is 12.8 Å². The summed E-state index contributed by atoms with van der Waals surface area (Å²) in [6.07, 6.45) is 2.88. The van der Waals surface area contributed by atoms with Gasteiger partial charge in [0.2, 0.25) is 0 Å². The van der Waals surface area contributed by atoms with Crippen molar-refractivity contribution >= 4 is 11.5 Å². The third-order valence-corrected chi connectivity index (χ3v) is 2.61. The summed E-state index contributed by atoms with van der Waals surface area (Å²) in [5.74, 6) is -0.0620. The molecule has 0 unspecified atom stereocenters. The highest BCUT2D eigenvalue weighted by molar-refractivity contribution is 5.85. The molecule has 90 valence electrons. The summed E-state index contributed by atoms with van der Waals surface area (Å²) >= 11 is 0. The fraction of sp³-hybridized carbons (Fsp3) is 0.500. The van der Waals surface area contributed by atoms with Gasteiger partial charge in [-0.3, -0.25) is 14.9 Å². The van der Waals surface area contributed by atoms with E-state index in [-0.39, 0.29) is 35.4 Å². The van der Waals surface area contributed by atoms with Gasteiger partial charge in [0.15, 0.2) is 0 Å². The summed E-state index contributed by atoms with van der Waals surface area (Å²) in [6, 6.07) is 0. The van der Waals surface area contributed by atoms with Gasteiger partial charge in [-0.1, -0.05) is 0 Å². The molecule has 0 aliphatic heterocycles. The molecule has 7 nitrogen and oxygen atoms in total. The van der Waals surface area contributed by atoms with Gasteiger partial charge in [-0.2, -0.15) is 4.98 Å². The number of carbonyl (C=O) groups excluding carboxylic acids is 1. The van der Waals surface area contributed by atoms with E-state index in [2.05, 4.69) is 9.97 Å². The molecule has 0 amide bonds. The molecule has 1 aliphatic carbocycles. The van der Waals surface area contributed by atoms with E-state index in [0.29, 0.717) is 0 Å². The zero-order valence-electron chi connectivity index (χ0n) is 9.25. The fourth-order valence-electron chi connectivity index (χ4n) is 1.57. The highest BCUT2D eigenvalue weighted by Crippen LogP contribution is 2.33. The molecule has 17 heavy (non-hydrogen) atoms. The maximum absolute atomic E-state index is 11.6. The molecule has 0 saturated heterocycles. The van der Waals surface area contributed by atoms with Crippen molar-refractivity contribution in [3.8, 4) is 5.88 Å². The minimum Gasteiger partial charge on any atom is -0.476 e. The minimum atomic E-state index is -0.617. The average Bonchev–Trinajstić information content (AvgIpc) is 3.11. The van der Waals surface area contributed by atoms with Gasteiger partial charge in [-0.15, -0.1) is 0 Å². The highest BCUT2D eigenvalue weighted by Gasteiger charge is 2.32. The summed E-state index contributed by atoms with van der Waals surface area (Å²) in [7, 11) is 1.29. The van der Waals surface area contributed by atoms with Gasteiger partial charge in [0.05, 0.1) is 18.5 Å². The van der Waals surface area contributed by atoms with Crippen LogP contribution in [0.5, 0.6) is 5.88 Å². The molecular formula is C10H11N3O4. The molecule has 1 fully saturated rings. The van der Waals surface area contributed by atoms with Crippen LogP contribution in [0.1, 0.15) is 18.5 Å². The molecule has 1 heterocycles. The van der Waals surface area contributed by atoms with Crippen molar-refractivity contribution in [3.05, 3.63) is 22.1 Å². The van der Waals surface area contributed by atoms with E-state index in [1.807, 2.05) is 0 Å². The maximum Gasteiger partial charge on any atom is 0.352 e. The molecule has 1 saturated carbocycles. The van der Waals surface area contributed by atoms with Crippen LogP contribution in [-0.4, -0.2) is 27.8 Å². The Kier molecular flexibility index (Phi) is 2.99. The molecule has 2 rings (SSSR count). The number of ketones is 1. The minimum absolute atomic E-state index is 0.00569. The first kappa shape index (κ1) is 11.4. The van der Waals surface area contributed by atoms with E-state index in [9.17, 15) is 14.9 Å². The number of Topliss-reactive ketones (excluding diaryl/α,β-unsaturated/α-hetero) is 1. The van der Waals surface area contributed by atoms with E-state index in [1.54, 1.807) is 0 Å². The summed E-state index contributed by atoms with van der Waals surface area (Å²) in [6.45, 7) is 0. The van der Waals surface area contributed by atoms with Gasteiger partial charge in [-0.25, -0.2) is 4.98 Å². The lowest BCUT2D eigenvalue weighted by Crippen LogP contribution is -2.10. The van der Waals surface area contributed by atoms with Crippen molar-refractivity contribution in [1.82, 2.24) is 9.97 Å². The lowest BCUT2D eigenvalue weighted by atomic mass is 10.1. The maximum atomic E-state index is 11.6. The average molecular weight is 237 g/mol. The number of nitrogens with zero attached hydrogens (tertiary/aromatic N) is 3. The Bertz CT molecular complexity index is 471. The predicted octanol–water partition coefficient (Wildman–Crippen LogP) is 0.915. The van der Waals surface area contributed by atoms with Crippen LogP contribution >= 0.6 is 0 Å². The Morgan fingerprint density at radius 3 is 2.82 bits per heavy atom. The van der Waals surface area contributed by atoms with Crippen molar-refractivity contribution in [1.29, 1.82) is 0 Å². The van der Waals surface area contributed by atoms with Gasteiger partial charge in [0.1, 0.15) is 17.8 Å². The SMILES string of the molecule is COc1ncnc(CC(=O)C2CC2)c1[N+](=O)[O-]. The van der Waals surface area contributed by atoms with E-state index >= 15 is 0 Å². The third kappa shape index (κ3) is 2.38. The van der Waals surface area contributed by atoms with Crippen LogP contribution in [-0.2, 0) is 11.2 Å². The predicted molar refractivity (Wildman–Crippen MR) is 56.7 cm³/mol. The summed E-state index contributed by atoms with van der Waals surface area (Å²) < 4.78 is 4.80. The lowest BCUT2D eigenvalue weighted by molar-refractivity contribution is -0.387. The smallest absolute Gasteiger partial charge is 0.352 e. The molecule has 0 aromatic carbocycles. The third-order valence-electron chi connectivity index (χ3n) is 2.61. The number of methoxy groups -OCH3 is 1. The van der Waals surface area contributed by atoms with E-state index in [4.69, 9.17) is 4.74 Å². The largest absolute Gasteiger partial charge is 0.476 e. The van der Waals surface area contributed by atoms with Crippen molar-refractivity contribution in [2.75, 3.05) is 7.11 Å². The first-order chi connectivity index (χ1) is 8.13. The number of rotatable bonds is 5. The second kappa shape index (κ2) is 4.44. The number of aromatic nitrogens is 2. The molecule has 1 aliphatic rings. The molecular weight excluding hydrogens is 226 g/mol. The molecule has 1 aromatic rings. The van der Waals surface area contributed by atoms with Gasteiger partial charge < -0.3 is 4.74 Å². The molecule has 1 aromatic heterocycles. The van der Waals surface area contributed by atoms with Gasteiger partial charge in [0, 0.05) is 5.92 Å². The van der Waals surface area contributed by atoms with Gasteiger partial charge >= 0.3 is 5.69 Å². The summed E-state index contributed by atoms with van der Waals surface area (Å²) in [5.41, 5.74) is -0.192. The summed E-state index contributed by atoms with van der Waals surface area (Å²) in [4.78, 5) is 29.4. The zero-order chi connectivity index (χ0) is 12.4. The van der Waals surface area contributed by atoms with Gasteiger partial charge in [-0.05, 0) is 12.8 Å². The monoisotopic (exact) mass is 237 g/mol. The molecule has 0 bridgehead atoms. The number of hydrogen-bond acceptors (Lipinski definition) is 6. The molecule has 7 heteroatoms. The van der Waals surface area contributed by atoms with Crippen LogP contribution in [0, 0.1) is 16.0 Å². The quantitative estimate of drug-likeness (QED) is 0.558. The lowest BCUT2D eigenvalue weighted by Gasteiger charge is -2.04. The van der Waals surface area contributed by atoms with Crippen LogP contribution in [0.2, 0.25) is 0 Å². The highest BCUT2D eigenvalue weighted by atomic mass is 16.6. The van der Waals surface area contributed by atoms with Crippen LogP contribution < -0.4 is 4.74 Å². The van der Waals surface area contributed by atoms with Gasteiger partial charge in [0.25, 0.3) is 5.88 Å². The Balaban J connectivity index is 2.31. The zero-order valence-corrected chi connectivity index (χ0v) is 9.25. The number of carbonyl (C=O) groups is 1. The Hall–Kier alpha value is -2.05. The molecule has 0 spiro atoms. The normalized spacial score (nSPS) is 14.4. The topological polar surface area (TPSA) is 95.2 Å². The first-order valence-electron chi connectivity index (χ1n) is 5.18. The first-order valence-corrected chi connectivity index (χ1v) is 5.18. The van der Waals surface area contributed by atoms with E-state index in [1.165, 1.54) is 13.4 Å². The van der Waals surface area contributed by atoms with Crippen LogP contribution in [0.15, 0.2) is 6.33 Å². The molecule has 0 radical (unpaired) electrons. The Labute approximate surface area is 97.0 Å². The number of ether oxygens (including phenoxy) is 1. The van der Waals surface area contributed by atoms with Crippen LogP contribution in [0.4, 0.5) is 5.69 Å². The summed E-state index contributed by atoms with van der Waals surface area (Å²) in [5, 5.41) is 10.9. The molecule has 0 N–H and O–H groups in total. The van der Waals surface area contributed by atoms with Crippen molar-refractivity contribution in [3.63, 3.8) is 0 Å². The second-order valence-corrected chi connectivity index (χ2v) is 3.85. The van der Waals surface area contributed by atoms with Crippen molar-refractivity contribution < 1.29 is 14.5 Å². The Morgan fingerprint density at radius 2 is 2.29 bits per heavy atom. The van der Waals surface area contributed by atoms with Crippen molar-refractivity contribution in [2.24, 2.45) is 5.92 Å². The standard InChI is InChI=1S/C10H11N3O4/c1-17-10-9(13(15)16)7(11-5-12-10)4-8(14)6-2-3-6/h5-6H,2-4H2,1H3.